The van der Waals surface area contributed by atoms with Crippen LogP contribution in [0.3, 0.4) is 0 Å². The highest BCUT2D eigenvalue weighted by Crippen LogP contribution is 2.27. The molecule has 6 heteroatoms. The van der Waals surface area contributed by atoms with Crippen LogP contribution in [0.5, 0.6) is 0 Å². The lowest BCUT2D eigenvalue weighted by atomic mass is 9.91. The minimum absolute atomic E-state index is 0.0347. The second-order valence-corrected chi connectivity index (χ2v) is 6.84. The molecule has 0 aromatic carbocycles. The zero-order chi connectivity index (χ0) is 17.5. The van der Waals surface area contributed by atoms with Gasteiger partial charge < -0.3 is 19.5 Å². The zero-order valence-electron chi connectivity index (χ0n) is 14.1. The molecule has 2 saturated heterocycles. The first-order valence-electron chi connectivity index (χ1n) is 8.32. The number of nitrogens with one attached hydrogen (secondary N) is 1. The summed E-state index contributed by atoms with van der Waals surface area (Å²) in [4.78, 5) is 26.1. The summed E-state index contributed by atoms with van der Waals surface area (Å²) < 4.78 is 11.1. The van der Waals surface area contributed by atoms with Gasteiger partial charge in [-0.25, -0.2) is 9.59 Å². The summed E-state index contributed by atoms with van der Waals surface area (Å²) in [6.45, 7) is 8.73. The molecule has 4 atom stereocenters. The Hall–Kier alpha value is -1.92. The number of cyclic esters (lactones) is 1. The van der Waals surface area contributed by atoms with Crippen molar-refractivity contribution < 1.29 is 29.1 Å². The number of ether oxygens (including phenoxy) is 2. The van der Waals surface area contributed by atoms with Crippen LogP contribution in [0.1, 0.15) is 26.7 Å². The smallest absolute Gasteiger partial charge is 0.342 e. The normalized spacial score (nSPS) is 38.8. The van der Waals surface area contributed by atoms with E-state index in [1.54, 1.807) is 13.0 Å². The van der Waals surface area contributed by atoms with Crippen LogP contribution < -0.4 is 4.90 Å². The van der Waals surface area contributed by atoms with Crippen molar-refractivity contribution in [2.24, 2.45) is 0 Å². The fourth-order valence-electron chi connectivity index (χ4n) is 3.65. The number of carbonyl (C=O) groups is 2. The largest absolute Gasteiger partial charge is 0.459 e. The average molecular weight is 334 g/mol. The van der Waals surface area contributed by atoms with Crippen LogP contribution >= 0.6 is 0 Å². The molecule has 3 aliphatic rings. The van der Waals surface area contributed by atoms with Gasteiger partial charge in [0.05, 0.1) is 13.1 Å². The second-order valence-electron chi connectivity index (χ2n) is 6.84. The van der Waals surface area contributed by atoms with Crippen molar-refractivity contribution in [3.05, 3.63) is 35.5 Å². The lowest BCUT2D eigenvalue weighted by molar-refractivity contribution is -0.896. The number of esters is 2. The van der Waals surface area contributed by atoms with E-state index >= 15 is 0 Å². The third-order valence-corrected chi connectivity index (χ3v) is 5.32. The molecule has 0 bridgehead atoms. The molecule has 24 heavy (non-hydrogen) atoms. The SMILES string of the molecule is C=C1C/C(=C/C)C(=O)O[C@@H]2CC[NH+]3CC=C(COC(=O)[C@]1(C)O)[C@H]23. The van der Waals surface area contributed by atoms with E-state index in [1.807, 2.05) is 6.08 Å². The van der Waals surface area contributed by atoms with Crippen molar-refractivity contribution in [3.63, 3.8) is 0 Å². The Kier molecular flexibility index (Phi) is 4.36. The first-order chi connectivity index (χ1) is 11.3. The van der Waals surface area contributed by atoms with Crippen LogP contribution in [-0.4, -0.2) is 54.5 Å². The molecule has 0 spiro atoms. The van der Waals surface area contributed by atoms with E-state index in [2.05, 4.69) is 6.58 Å². The standard InChI is InChI=1S/C18H23NO5/c1-4-12-9-11(2)18(3,22)17(21)23-10-13-5-7-19-8-6-14(15(13)19)24-16(12)20/h4-5,14-15,22H,2,6-10H2,1,3H3/p+1/b12-4-/t14-,15-,18-/m1/s1. The molecule has 0 saturated carbocycles. The highest BCUT2D eigenvalue weighted by molar-refractivity contribution is 5.90. The molecule has 3 aliphatic heterocycles. The molecule has 3 rings (SSSR count). The van der Waals surface area contributed by atoms with E-state index in [0.29, 0.717) is 5.57 Å². The Balaban J connectivity index is 1.92. The zero-order valence-corrected chi connectivity index (χ0v) is 14.1. The van der Waals surface area contributed by atoms with Crippen molar-refractivity contribution in [2.75, 3.05) is 19.7 Å². The lowest BCUT2D eigenvalue weighted by Gasteiger charge is -2.27. The number of aliphatic hydroxyl groups is 1. The third-order valence-electron chi connectivity index (χ3n) is 5.32. The molecule has 0 aromatic heterocycles. The van der Waals surface area contributed by atoms with E-state index in [0.717, 1.165) is 25.1 Å². The van der Waals surface area contributed by atoms with Gasteiger partial charge in [-0.2, -0.15) is 0 Å². The first kappa shape index (κ1) is 16.9. The lowest BCUT2D eigenvalue weighted by Crippen LogP contribution is -3.12. The quantitative estimate of drug-likeness (QED) is 0.361. The monoisotopic (exact) mass is 334 g/mol. The second kappa shape index (κ2) is 6.18. The number of rotatable bonds is 0. The van der Waals surface area contributed by atoms with Crippen molar-refractivity contribution in [3.8, 4) is 0 Å². The molecule has 0 aliphatic carbocycles. The Morgan fingerprint density at radius 3 is 2.92 bits per heavy atom. The molecule has 2 N–H and O–H groups in total. The summed E-state index contributed by atoms with van der Waals surface area (Å²) in [6, 6.07) is 0.0347. The molecular formula is C18H24NO5+. The Labute approximate surface area is 141 Å². The number of allylic oxidation sites excluding steroid dienone is 1. The minimum Gasteiger partial charge on any atom is -0.459 e. The van der Waals surface area contributed by atoms with Gasteiger partial charge in [0.15, 0.2) is 17.7 Å². The average Bonchev–Trinajstić information content (AvgIpc) is 3.12. The molecule has 0 radical (unpaired) electrons. The maximum absolute atomic E-state index is 12.5. The molecule has 0 amide bonds. The molecule has 2 fully saturated rings. The van der Waals surface area contributed by atoms with Gasteiger partial charge in [-0.1, -0.05) is 12.7 Å². The van der Waals surface area contributed by atoms with Crippen LogP contribution in [0.4, 0.5) is 0 Å². The van der Waals surface area contributed by atoms with Gasteiger partial charge in [0, 0.05) is 24.0 Å². The van der Waals surface area contributed by atoms with Crippen molar-refractivity contribution in [1.29, 1.82) is 0 Å². The van der Waals surface area contributed by atoms with Crippen molar-refractivity contribution in [2.45, 2.75) is 44.4 Å². The maximum Gasteiger partial charge on any atom is 0.342 e. The van der Waals surface area contributed by atoms with E-state index < -0.39 is 17.5 Å². The van der Waals surface area contributed by atoms with Gasteiger partial charge in [-0.15, -0.1) is 0 Å². The summed E-state index contributed by atoms with van der Waals surface area (Å²) in [5.74, 6) is -1.14. The molecule has 0 aromatic rings. The van der Waals surface area contributed by atoms with E-state index in [1.165, 1.54) is 11.8 Å². The third kappa shape index (κ3) is 2.80. The summed E-state index contributed by atoms with van der Waals surface area (Å²) in [5.41, 5.74) is -0.272. The fourth-order valence-corrected chi connectivity index (χ4v) is 3.65. The number of carbonyl (C=O) groups excluding carboxylic acids is 2. The molecule has 6 nitrogen and oxygen atoms in total. The molecular weight excluding hydrogens is 310 g/mol. The predicted octanol–water partition coefficient (Wildman–Crippen LogP) is -0.304. The maximum atomic E-state index is 12.5. The summed E-state index contributed by atoms with van der Waals surface area (Å²) >= 11 is 0. The van der Waals surface area contributed by atoms with Gasteiger partial charge in [0.1, 0.15) is 6.61 Å². The molecule has 1 unspecified atom stereocenters. The van der Waals surface area contributed by atoms with E-state index in [-0.39, 0.29) is 30.7 Å². The van der Waals surface area contributed by atoms with Gasteiger partial charge in [0.25, 0.3) is 0 Å². The van der Waals surface area contributed by atoms with Crippen LogP contribution in [0.15, 0.2) is 35.5 Å². The van der Waals surface area contributed by atoms with Crippen LogP contribution in [0, 0.1) is 0 Å². The number of hydrogen-bond acceptors (Lipinski definition) is 5. The van der Waals surface area contributed by atoms with Crippen LogP contribution in [0.2, 0.25) is 0 Å². The molecule has 3 heterocycles. The number of quaternary nitrogens is 1. The Morgan fingerprint density at radius 2 is 2.21 bits per heavy atom. The van der Waals surface area contributed by atoms with E-state index in [4.69, 9.17) is 9.47 Å². The fraction of sp³-hybridized carbons (Fsp3) is 0.556. The first-order valence-corrected chi connectivity index (χ1v) is 8.32. The highest BCUT2D eigenvalue weighted by atomic mass is 16.6. The van der Waals surface area contributed by atoms with Crippen LogP contribution in [0.25, 0.3) is 0 Å². The van der Waals surface area contributed by atoms with Gasteiger partial charge in [-0.05, 0) is 25.5 Å². The minimum atomic E-state index is -1.84. The van der Waals surface area contributed by atoms with Crippen molar-refractivity contribution in [1.82, 2.24) is 0 Å². The van der Waals surface area contributed by atoms with Crippen LogP contribution in [-0.2, 0) is 19.1 Å². The number of hydrogen-bond donors (Lipinski definition) is 2. The van der Waals surface area contributed by atoms with Gasteiger partial charge in [-0.3, -0.25) is 0 Å². The Morgan fingerprint density at radius 1 is 1.46 bits per heavy atom. The summed E-state index contributed by atoms with van der Waals surface area (Å²) in [6.07, 6.45) is 4.36. The summed E-state index contributed by atoms with van der Waals surface area (Å²) in [5, 5.41) is 10.5. The summed E-state index contributed by atoms with van der Waals surface area (Å²) in [7, 11) is 0. The topological polar surface area (TPSA) is 77.3 Å². The van der Waals surface area contributed by atoms with Gasteiger partial charge in [0.2, 0.25) is 0 Å². The Bertz CT molecular complexity index is 646. The predicted molar refractivity (Wildman–Crippen MR) is 86.2 cm³/mol. The van der Waals surface area contributed by atoms with Crippen molar-refractivity contribution >= 4 is 11.9 Å². The molecule has 130 valence electrons. The van der Waals surface area contributed by atoms with Gasteiger partial charge >= 0.3 is 11.9 Å². The van der Waals surface area contributed by atoms with E-state index in [9.17, 15) is 14.7 Å². The highest BCUT2D eigenvalue weighted by Gasteiger charge is 2.47.